The van der Waals surface area contributed by atoms with Gasteiger partial charge in [-0.15, -0.1) is 0 Å². The lowest BCUT2D eigenvalue weighted by Gasteiger charge is -2.04. The second-order valence-corrected chi connectivity index (χ2v) is 4.06. The molecule has 0 aromatic heterocycles. The first kappa shape index (κ1) is 11.7. The maximum absolute atomic E-state index is 3.41. The van der Waals surface area contributed by atoms with E-state index >= 15 is 0 Å². The van der Waals surface area contributed by atoms with Crippen molar-refractivity contribution in [1.82, 2.24) is 5.32 Å². The van der Waals surface area contributed by atoms with E-state index in [0.717, 1.165) is 25.4 Å². The maximum Gasteiger partial charge on any atom is -0.00142 e. The lowest BCUT2D eigenvalue weighted by atomic mass is 10.2. The van der Waals surface area contributed by atoms with E-state index in [4.69, 9.17) is 0 Å². The molecule has 0 radical (unpaired) electrons. The van der Waals surface area contributed by atoms with Crippen LogP contribution in [-0.4, -0.2) is 13.1 Å². The van der Waals surface area contributed by atoms with Crippen LogP contribution in [0.1, 0.15) is 34.1 Å². The summed E-state index contributed by atoms with van der Waals surface area (Å²) in [4.78, 5) is 0. The predicted octanol–water partition coefficient (Wildman–Crippen LogP) is 2.83. The van der Waals surface area contributed by atoms with E-state index in [-0.39, 0.29) is 0 Å². The van der Waals surface area contributed by atoms with Gasteiger partial charge in [-0.2, -0.15) is 0 Å². The predicted molar refractivity (Wildman–Crippen MR) is 56.3 cm³/mol. The smallest absolute Gasteiger partial charge is 0.00142 e. The van der Waals surface area contributed by atoms with Crippen LogP contribution in [0.2, 0.25) is 0 Å². The summed E-state index contributed by atoms with van der Waals surface area (Å²) in [6, 6.07) is 0. The molecule has 0 saturated heterocycles. The second kappa shape index (κ2) is 7.35. The zero-order chi connectivity index (χ0) is 9.40. The minimum Gasteiger partial charge on any atom is -0.316 e. The van der Waals surface area contributed by atoms with Crippen LogP contribution in [-0.2, 0) is 0 Å². The van der Waals surface area contributed by atoms with Gasteiger partial charge in [0, 0.05) is 0 Å². The molecule has 72 valence electrons. The number of hydrogen-bond acceptors (Lipinski definition) is 1. The van der Waals surface area contributed by atoms with Gasteiger partial charge in [0.05, 0.1) is 0 Å². The van der Waals surface area contributed by atoms with E-state index in [1.807, 2.05) is 0 Å². The van der Waals surface area contributed by atoms with Gasteiger partial charge in [0.2, 0.25) is 0 Å². The third kappa shape index (κ3) is 9.70. The molecule has 0 fully saturated rings. The molecule has 0 amide bonds. The largest absolute Gasteiger partial charge is 0.316 e. The summed E-state index contributed by atoms with van der Waals surface area (Å²) in [6.45, 7) is 11.1. The molecule has 0 heterocycles. The fourth-order valence-electron chi connectivity index (χ4n) is 0.945. The summed E-state index contributed by atoms with van der Waals surface area (Å²) in [6.07, 6.45) is 5.68. The summed E-state index contributed by atoms with van der Waals surface area (Å²) >= 11 is 0. The number of hydrogen-bond donors (Lipinski definition) is 1. The average Bonchev–Trinajstić information content (AvgIpc) is 1.95. The summed E-state index contributed by atoms with van der Waals surface area (Å²) in [7, 11) is 0. The van der Waals surface area contributed by atoms with Gasteiger partial charge >= 0.3 is 0 Å². The van der Waals surface area contributed by atoms with Crippen molar-refractivity contribution in [2.24, 2.45) is 11.8 Å². The monoisotopic (exact) mass is 169 g/mol. The van der Waals surface area contributed by atoms with Gasteiger partial charge in [-0.05, 0) is 31.3 Å². The van der Waals surface area contributed by atoms with Crippen molar-refractivity contribution in [1.29, 1.82) is 0 Å². The summed E-state index contributed by atoms with van der Waals surface area (Å²) in [5, 5.41) is 3.41. The van der Waals surface area contributed by atoms with E-state index in [9.17, 15) is 0 Å². The van der Waals surface area contributed by atoms with Gasteiger partial charge in [-0.3, -0.25) is 0 Å². The lowest BCUT2D eigenvalue weighted by molar-refractivity contribution is 0.556. The van der Waals surface area contributed by atoms with Crippen LogP contribution >= 0.6 is 0 Å². The number of allylic oxidation sites excluding steroid dienone is 1. The van der Waals surface area contributed by atoms with Gasteiger partial charge in [0.1, 0.15) is 0 Å². The molecule has 0 rings (SSSR count). The van der Waals surface area contributed by atoms with E-state index < -0.39 is 0 Å². The van der Waals surface area contributed by atoms with Crippen molar-refractivity contribution in [2.75, 3.05) is 13.1 Å². The van der Waals surface area contributed by atoms with Crippen molar-refractivity contribution in [3.63, 3.8) is 0 Å². The minimum atomic E-state index is 0.690. The Balaban J connectivity index is 3.11. The van der Waals surface area contributed by atoms with Crippen LogP contribution in [0.25, 0.3) is 0 Å². The highest BCUT2D eigenvalue weighted by Gasteiger charge is 1.90. The van der Waals surface area contributed by atoms with Crippen LogP contribution in [0.3, 0.4) is 0 Å². The van der Waals surface area contributed by atoms with Crippen molar-refractivity contribution in [3.05, 3.63) is 12.2 Å². The van der Waals surface area contributed by atoms with Crippen LogP contribution in [0.15, 0.2) is 12.2 Å². The lowest BCUT2D eigenvalue weighted by Crippen LogP contribution is -2.20. The van der Waals surface area contributed by atoms with Crippen LogP contribution in [0, 0.1) is 11.8 Å². The molecule has 0 aromatic rings. The molecule has 0 unspecified atom stereocenters. The summed E-state index contributed by atoms with van der Waals surface area (Å²) < 4.78 is 0. The summed E-state index contributed by atoms with van der Waals surface area (Å²) in [5.41, 5.74) is 0. The molecule has 0 aliphatic carbocycles. The van der Waals surface area contributed by atoms with E-state index in [2.05, 4.69) is 45.2 Å². The Labute approximate surface area is 77.2 Å². The highest BCUT2D eigenvalue weighted by molar-refractivity contribution is 4.84. The Kier molecular flexibility index (Phi) is 7.17. The highest BCUT2D eigenvalue weighted by Crippen LogP contribution is 1.94. The molecule has 0 aliphatic heterocycles. The molecule has 0 bridgehead atoms. The fourth-order valence-corrected chi connectivity index (χ4v) is 0.945. The first-order valence-electron chi connectivity index (χ1n) is 5.00. The minimum absolute atomic E-state index is 0.690. The van der Waals surface area contributed by atoms with Gasteiger partial charge in [0.25, 0.3) is 0 Å². The topological polar surface area (TPSA) is 12.0 Å². The van der Waals surface area contributed by atoms with Crippen molar-refractivity contribution < 1.29 is 0 Å². The van der Waals surface area contributed by atoms with Gasteiger partial charge in [-0.25, -0.2) is 0 Å². The van der Waals surface area contributed by atoms with Crippen molar-refractivity contribution in [2.45, 2.75) is 34.1 Å². The average molecular weight is 169 g/mol. The molecule has 0 aliphatic rings. The van der Waals surface area contributed by atoms with Gasteiger partial charge in [-0.1, -0.05) is 39.8 Å². The molecule has 0 aromatic carbocycles. The molecule has 0 atom stereocenters. The third-order valence-corrected chi connectivity index (χ3v) is 1.56. The maximum atomic E-state index is 3.41. The number of nitrogens with one attached hydrogen (secondary N) is 1. The highest BCUT2D eigenvalue weighted by atomic mass is 14.8. The Hall–Kier alpha value is -0.300. The molecule has 1 nitrogen and oxygen atoms in total. The summed E-state index contributed by atoms with van der Waals surface area (Å²) in [5.74, 6) is 1.45. The van der Waals surface area contributed by atoms with Crippen molar-refractivity contribution in [3.8, 4) is 0 Å². The Morgan fingerprint density at radius 3 is 2.33 bits per heavy atom. The second-order valence-electron chi connectivity index (χ2n) is 4.06. The van der Waals surface area contributed by atoms with Gasteiger partial charge < -0.3 is 5.32 Å². The first-order chi connectivity index (χ1) is 5.63. The van der Waals surface area contributed by atoms with Crippen LogP contribution in [0.4, 0.5) is 0 Å². The molecule has 1 N–H and O–H groups in total. The molecular formula is C11H23N. The Morgan fingerprint density at radius 2 is 1.83 bits per heavy atom. The molecule has 12 heavy (non-hydrogen) atoms. The van der Waals surface area contributed by atoms with Crippen LogP contribution in [0.5, 0.6) is 0 Å². The quantitative estimate of drug-likeness (QED) is 0.476. The Bertz CT molecular complexity index is 114. The number of rotatable bonds is 6. The molecule has 0 saturated carbocycles. The standard InChI is InChI=1S/C11H23N/c1-10(2)7-5-6-8-12-9-11(3)4/h5,7,10-12H,6,8-9H2,1-4H3. The van der Waals surface area contributed by atoms with Gasteiger partial charge in [0.15, 0.2) is 0 Å². The normalized spacial score (nSPS) is 12.2. The van der Waals surface area contributed by atoms with Crippen molar-refractivity contribution >= 4 is 0 Å². The van der Waals surface area contributed by atoms with Crippen LogP contribution < -0.4 is 5.32 Å². The van der Waals surface area contributed by atoms with E-state index in [0.29, 0.717) is 5.92 Å². The molecule has 1 heteroatoms. The molecular weight excluding hydrogens is 146 g/mol. The fraction of sp³-hybridized carbons (Fsp3) is 0.818. The zero-order valence-electron chi connectivity index (χ0n) is 8.93. The Morgan fingerprint density at radius 1 is 1.17 bits per heavy atom. The first-order valence-corrected chi connectivity index (χ1v) is 5.00. The molecule has 0 spiro atoms. The zero-order valence-corrected chi connectivity index (χ0v) is 8.93. The third-order valence-electron chi connectivity index (χ3n) is 1.56. The SMILES string of the molecule is CC(C)C=CCCNCC(C)C. The van der Waals surface area contributed by atoms with E-state index in [1.54, 1.807) is 0 Å². The van der Waals surface area contributed by atoms with E-state index in [1.165, 1.54) is 0 Å².